The lowest BCUT2D eigenvalue weighted by molar-refractivity contribution is -0.131. The SMILES string of the molecule is CC1CCC(C(=O)NCCn2cc(N)cn2)O1. The minimum atomic E-state index is -0.285. The fourth-order valence-electron chi connectivity index (χ4n) is 1.90. The monoisotopic (exact) mass is 238 g/mol. The molecule has 0 radical (unpaired) electrons. The summed E-state index contributed by atoms with van der Waals surface area (Å²) in [5.41, 5.74) is 6.16. The first-order valence-corrected chi connectivity index (χ1v) is 5.86. The molecule has 1 aliphatic rings. The maximum Gasteiger partial charge on any atom is 0.249 e. The number of anilines is 1. The van der Waals surface area contributed by atoms with Gasteiger partial charge in [0.15, 0.2) is 0 Å². The van der Waals surface area contributed by atoms with Gasteiger partial charge in [-0.2, -0.15) is 5.10 Å². The number of amides is 1. The highest BCUT2D eigenvalue weighted by atomic mass is 16.5. The van der Waals surface area contributed by atoms with Gasteiger partial charge in [-0.15, -0.1) is 0 Å². The molecule has 2 atom stereocenters. The Balaban J connectivity index is 1.70. The molecule has 17 heavy (non-hydrogen) atoms. The van der Waals surface area contributed by atoms with E-state index in [0.29, 0.717) is 18.8 Å². The van der Waals surface area contributed by atoms with E-state index in [0.717, 1.165) is 12.8 Å². The van der Waals surface area contributed by atoms with Gasteiger partial charge in [0.25, 0.3) is 0 Å². The van der Waals surface area contributed by atoms with Crippen molar-refractivity contribution >= 4 is 11.6 Å². The number of carbonyl (C=O) groups is 1. The highest BCUT2D eigenvalue weighted by molar-refractivity contribution is 5.80. The average molecular weight is 238 g/mol. The molecule has 0 bridgehead atoms. The van der Waals surface area contributed by atoms with Gasteiger partial charge in [-0.05, 0) is 19.8 Å². The number of nitrogen functional groups attached to an aromatic ring is 1. The van der Waals surface area contributed by atoms with E-state index in [-0.39, 0.29) is 18.1 Å². The second-order valence-corrected chi connectivity index (χ2v) is 4.34. The van der Waals surface area contributed by atoms with Crippen LogP contribution in [0.2, 0.25) is 0 Å². The lowest BCUT2D eigenvalue weighted by atomic mass is 10.2. The minimum Gasteiger partial charge on any atom is -0.396 e. The number of carbonyl (C=O) groups excluding carboxylic acids is 1. The quantitative estimate of drug-likeness (QED) is 0.782. The molecule has 0 aromatic carbocycles. The zero-order valence-electron chi connectivity index (χ0n) is 9.93. The largest absolute Gasteiger partial charge is 0.396 e. The number of rotatable bonds is 4. The Morgan fingerprint density at radius 2 is 2.53 bits per heavy atom. The Kier molecular flexibility index (Phi) is 3.63. The number of aromatic nitrogens is 2. The van der Waals surface area contributed by atoms with Crippen molar-refractivity contribution in [3.63, 3.8) is 0 Å². The van der Waals surface area contributed by atoms with Crippen LogP contribution in [0.5, 0.6) is 0 Å². The molecule has 0 spiro atoms. The molecule has 1 aromatic rings. The van der Waals surface area contributed by atoms with Crippen LogP contribution in [0.25, 0.3) is 0 Å². The van der Waals surface area contributed by atoms with Crippen LogP contribution in [-0.4, -0.2) is 34.4 Å². The van der Waals surface area contributed by atoms with Gasteiger partial charge in [-0.25, -0.2) is 0 Å². The second-order valence-electron chi connectivity index (χ2n) is 4.34. The van der Waals surface area contributed by atoms with Crippen LogP contribution in [-0.2, 0) is 16.1 Å². The van der Waals surface area contributed by atoms with Gasteiger partial charge in [-0.1, -0.05) is 0 Å². The predicted molar refractivity (Wildman–Crippen MR) is 63.2 cm³/mol. The van der Waals surface area contributed by atoms with Crippen LogP contribution in [0.3, 0.4) is 0 Å². The molecule has 0 saturated carbocycles. The fourth-order valence-corrected chi connectivity index (χ4v) is 1.90. The molecule has 1 fully saturated rings. The zero-order valence-corrected chi connectivity index (χ0v) is 9.93. The van der Waals surface area contributed by atoms with Crippen molar-refractivity contribution in [2.45, 2.75) is 38.5 Å². The van der Waals surface area contributed by atoms with Crippen LogP contribution in [0.1, 0.15) is 19.8 Å². The van der Waals surface area contributed by atoms with Gasteiger partial charge >= 0.3 is 0 Å². The van der Waals surface area contributed by atoms with Crippen LogP contribution < -0.4 is 11.1 Å². The van der Waals surface area contributed by atoms with E-state index in [1.165, 1.54) is 0 Å². The van der Waals surface area contributed by atoms with E-state index < -0.39 is 0 Å². The third-order valence-electron chi connectivity index (χ3n) is 2.82. The van der Waals surface area contributed by atoms with Gasteiger partial charge in [0.05, 0.1) is 24.5 Å². The molecular formula is C11H18N4O2. The summed E-state index contributed by atoms with van der Waals surface area (Å²) >= 11 is 0. The topological polar surface area (TPSA) is 82.2 Å². The molecule has 0 aliphatic carbocycles. The standard InChI is InChI=1S/C11H18N4O2/c1-8-2-3-10(17-8)11(16)13-4-5-15-7-9(12)6-14-15/h6-8,10H,2-5,12H2,1H3,(H,13,16). The molecule has 1 aliphatic heterocycles. The molecule has 2 unspecified atom stereocenters. The number of nitrogens with zero attached hydrogens (tertiary/aromatic N) is 2. The smallest absolute Gasteiger partial charge is 0.249 e. The number of nitrogens with two attached hydrogens (primary N) is 1. The van der Waals surface area contributed by atoms with Gasteiger partial charge in [0, 0.05) is 12.7 Å². The maximum atomic E-state index is 11.7. The van der Waals surface area contributed by atoms with Crippen LogP contribution in [0.15, 0.2) is 12.4 Å². The minimum absolute atomic E-state index is 0.0329. The van der Waals surface area contributed by atoms with E-state index >= 15 is 0 Å². The van der Waals surface area contributed by atoms with Crippen molar-refractivity contribution in [2.75, 3.05) is 12.3 Å². The Hall–Kier alpha value is -1.56. The summed E-state index contributed by atoms with van der Waals surface area (Å²) in [4.78, 5) is 11.7. The van der Waals surface area contributed by atoms with E-state index in [2.05, 4.69) is 10.4 Å². The van der Waals surface area contributed by atoms with Gasteiger partial charge in [0.1, 0.15) is 6.10 Å². The summed E-state index contributed by atoms with van der Waals surface area (Å²) < 4.78 is 7.18. The summed E-state index contributed by atoms with van der Waals surface area (Å²) in [6.45, 7) is 3.14. The van der Waals surface area contributed by atoms with Crippen LogP contribution >= 0.6 is 0 Å². The molecule has 1 saturated heterocycles. The third kappa shape index (κ3) is 3.20. The first kappa shape index (κ1) is 11.9. The summed E-state index contributed by atoms with van der Waals surface area (Å²) in [7, 11) is 0. The van der Waals surface area contributed by atoms with Crippen molar-refractivity contribution < 1.29 is 9.53 Å². The lowest BCUT2D eigenvalue weighted by Crippen LogP contribution is -2.36. The molecule has 1 amide bonds. The number of hydrogen-bond acceptors (Lipinski definition) is 4. The molecule has 6 heteroatoms. The average Bonchev–Trinajstić information content (AvgIpc) is 2.88. The molecule has 3 N–H and O–H groups in total. The number of hydrogen-bond donors (Lipinski definition) is 2. The highest BCUT2D eigenvalue weighted by Gasteiger charge is 2.27. The Bertz CT molecular complexity index is 391. The first-order valence-electron chi connectivity index (χ1n) is 5.86. The van der Waals surface area contributed by atoms with Crippen LogP contribution in [0, 0.1) is 0 Å². The summed E-state index contributed by atoms with van der Waals surface area (Å²) in [5, 5.41) is 6.87. The molecular weight excluding hydrogens is 220 g/mol. The van der Waals surface area contributed by atoms with Crippen molar-refractivity contribution in [3.05, 3.63) is 12.4 Å². The molecule has 94 valence electrons. The van der Waals surface area contributed by atoms with Crippen molar-refractivity contribution in [3.8, 4) is 0 Å². The van der Waals surface area contributed by atoms with Crippen molar-refractivity contribution in [1.29, 1.82) is 0 Å². The summed E-state index contributed by atoms with van der Waals surface area (Å²) in [6.07, 6.45) is 4.99. The Morgan fingerprint density at radius 3 is 3.12 bits per heavy atom. The Labute approximate surface area is 100 Å². The fraction of sp³-hybridized carbons (Fsp3) is 0.636. The molecule has 2 rings (SSSR count). The van der Waals surface area contributed by atoms with E-state index in [1.54, 1.807) is 17.1 Å². The lowest BCUT2D eigenvalue weighted by Gasteiger charge is -2.11. The van der Waals surface area contributed by atoms with Crippen molar-refractivity contribution in [2.24, 2.45) is 0 Å². The third-order valence-corrected chi connectivity index (χ3v) is 2.82. The Morgan fingerprint density at radius 1 is 1.71 bits per heavy atom. The van der Waals surface area contributed by atoms with Gasteiger partial charge in [0.2, 0.25) is 5.91 Å². The predicted octanol–water partition coefficient (Wildman–Crippen LogP) is 0.149. The summed E-state index contributed by atoms with van der Waals surface area (Å²) in [5.74, 6) is -0.0329. The number of ether oxygens (including phenoxy) is 1. The van der Waals surface area contributed by atoms with Gasteiger partial charge < -0.3 is 15.8 Å². The van der Waals surface area contributed by atoms with Crippen LogP contribution in [0.4, 0.5) is 5.69 Å². The first-order chi connectivity index (χ1) is 8.15. The molecule has 1 aromatic heterocycles. The maximum absolute atomic E-state index is 11.7. The second kappa shape index (κ2) is 5.18. The number of nitrogens with one attached hydrogen (secondary N) is 1. The summed E-state index contributed by atoms with van der Waals surface area (Å²) in [6, 6.07) is 0. The molecule has 6 nitrogen and oxygen atoms in total. The zero-order chi connectivity index (χ0) is 12.3. The van der Waals surface area contributed by atoms with E-state index in [1.807, 2.05) is 6.92 Å². The van der Waals surface area contributed by atoms with E-state index in [9.17, 15) is 4.79 Å². The van der Waals surface area contributed by atoms with Gasteiger partial charge in [-0.3, -0.25) is 9.48 Å². The van der Waals surface area contributed by atoms with Crippen molar-refractivity contribution in [1.82, 2.24) is 15.1 Å². The van der Waals surface area contributed by atoms with E-state index in [4.69, 9.17) is 10.5 Å². The normalized spacial score (nSPS) is 23.8. The molecule has 2 heterocycles. The highest BCUT2D eigenvalue weighted by Crippen LogP contribution is 2.18.